The van der Waals surface area contributed by atoms with Crippen LogP contribution in [0.4, 0.5) is 16.0 Å². The quantitative estimate of drug-likeness (QED) is 0.659. The normalized spacial score (nSPS) is 19.4. The molecular weight excluding hydrogens is 433 g/mol. The molecule has 0 amide bonds. The van der Waals surface area contributed by atoms with Gasteiger partial charge in [0.15, 0.2) is 11.6 Å². The first-order valence-electron chi connectivity index (χ1n) is 11.5. The monoisotopic (exact) mass is 461 g/mol. The number of methoxy groups -OCH3 is 1. The minimum absolute atomic E-state index is 0.0784. The van der Waals surface area contributed by atoms with E-state index in [-0.39, 0.29) is 17.9 Å². The second-order valence-electron chi connectivity index (χ2n) is 8.75. The summed E-state index contributed by atoms with van der Waals surface area (Å²) < 4.78 is 26.6. The molecule has 0 saturated carbocycles. The lowest BCUT2D eigenvalue weighted by Gasteiger charge is -2.19. The van der Waals surface area contributed by atoms with E-state index >= 15 is 4.39 Å². The van der Waals surface area contributed by atoms with E-state index in [2.05, 4.69) is 25.2 Å². The molecule has 1 fully saturated rings. The molecule has 3 aliphatic rings. The van der Waals surface area contributed by atoms with Crippen molar-refractivity contribution in [3.05, 3.63) is 64.5 Å². The number of amidine groups is 1. The zero-order chi connectivity index (χ0) is 23.7. The van der Waals surface area contributed by atoms with Gasteiger partial charge in [-0.15, -0.1) is 0 Å². The Balaban J connectivity index is 1.45. The topological polar surface area (TPSA) is 71.9 Å². The zero-order valence-corrected chi connectivity index (χ0v) is 19.6. The van der Waals surface area contributed by atoms with E-state index in [0.717, 1.165) is 42.6 Å². The number of aliphatic imine (C=N–C) groups is 1. The van der Waals surface area contributed by atoms with Gasteiger partial charge in [-0.2, -0.15) is 9.97 Å². The van der Waals surface area contributed by atoms with Crippen molar-refractivity contribution in [3.8, 4) is 11.8 Å². The van der Waals surface area contributed by atoms with Crippen molar-refractivity contribution in [2.45, 2.75) is 32.8 Å². The maximum absolute atomic E-state index is 15.2. The van der Waals surface area contributed by atoms with Crippen LogP contribution in [0.1, 0.15) is 31.4 Å². The van der Waals surface area contributed by atoms with Crippen molar-refractivity contribution < 1.29 is 13.9 Å². The molecule has 0 spiro atoms. The molecule has 1 N–H and O–H groups in total. The highest BCUT2D eigenvalue weighted by molar-refractivity contribution is 6.05. The Morgan fingerprint density at radius 3 is 2.91 bits per heavy atom. The van der Waals surface area contributed by atoms with E-state index in [1.54, 1.807) is 13.2 Å². The lowest BCUT2D eigenvalue weighted by atomic mass is 10.1. The van der Waals surface area contributed by atoms with Gasteiger partial charge in [0, 0.05) is 31.8 Å². The summed E-state index contributed by atoms with van der Waals surface area (Å²) in [6.45, 7) is 6.11. The molecule has 2 aliphatic heterocycles. The molecular formula is C26H28FN5O2. The lowest BCUT2D eigenvalue weighted by molar-refractivity contribution is 0.121. The number of aromatic nitrogens is 2. The maximum Gasteiger partial charge on any atom is 0.326 e. The molecule has 1 unspecified atom stereocenters. The Morgan fingerprint density at radius 1 is 1.24 bits per heavy atom. The molecule has 1 saturated heterocycles. The van der Waals surface area contributed by atoms with Crippen molar-refractivity contribution in [3.63, 3.8) is 0 Å². The number of halogens is 1. The number of hydrogen-bond donors (Lipinski definition) is 1. The number of hydrogen-bond acceptors (Lipinski definition) is 7. The van der Waals surface area contributed by atoms with E-state index in [1.807, 2.05) is 50.3 Å². The summed E-state index contributed by atoms with van der Waals surface area (Å²) in [5, 5.41) is 3.25. The van der Waals surface area contributed by atoms with Crippen LogP contribution in [0.15, 0.2) is 52.6 Å². The predicted molar refractivity (Wildman–Crippen MR) is 132 cm³/mol. The first-order valence-corrected chi connectivity index (χ1v) is 11.5. The molecule has 3 heterocycles. The van der Waals surface area contributed by atoms with Crippen LogP contribution in [0.5, 0.6) is 11.8 Å². The van der Waals surface area contributed by atoms with Crippen LogP contribution in [0.2, 0.25) is 0 Å². The molecule has 5 rings (SSSR count). The highest BCUT2D eigenvalue weighted by Crippen LogP contribution is 2.34. The van der Waals surface area contributed by atoms with Gasteiger partial charge in [-0.1, -0.05) is 29.9 Å². The van der Waals surface area contributed by atoms with Gasteiger partial charge < -0.3 is 19.7 Å². The largest absolute Gasteiger partial charge is 0.421 e. The fourth-order valence-corrected chi connectivity index (χ4v) is 4.48. The standard InChI is InChI=1S/C26H28FN5O2/c1-4-5-17-12-22(28-14-17)29-23-13-24(32-9-8-19(15-32)33-3)31-26(30-23)34-21-7-6-18-10-16(2)11-20(18)25(21)27/h4-7,11-13,19H,8-10,14-15H2,1-3H3,(H,28,29,30,31)/b5-4+. The fraction of sp³-hybridized carbons (Fsp3) is 0.346. The van der Waals surface area contributed by atoms with Crippen LogP contribution < -0.4 is 15.0 Å². The Labute approximate surface area is 198 Å². The summed E-state index contributed by atoms with van der Waals surface area (Å²) >= 11 is 0. The molecule has 8 heteroatoms. The number of anilines is 2. The highest BCUT2D eigenvalue weighted by Gasteiger charge is 2.25. The Morgan fingerprint density at radius 2 is 2.12 bits per heavy atom. The van der Waals surface area contributed by atoms with Gasteiger partial charge in [-0.05, 0) is 50.0 Å². The SMILES string of the molecule is C/C=C/C1=CC(Nc2cc(N3CCC(OC)C3)nc(Oc3ccc4c(c3F)C=C(C)C4)n2)=NC1. The Bertz CT molecular complexity index is 1230. The molecule has 0 bridgehead atoms. The molecule has 2 aromatic rings. The van der Waals surface area contributed by atoms with E-state index in [9.17, 15) is 0 Å². The van der Waals surface area contributed by atoms with Crippen LogP contribution in [0.25, 0.3) is 6.08 Å². The second kappa shape index (κ2) is 9.38. The molecule has 7 nitrogen and oxygen atoms in total. The van der Waals surface area contributed by atoms with Gasteiger partial charge in [-0.3, -0.25) is 4.99 Å². The molecule has 1 aromatic heterocycles. The van der Waals surface area contributed by atoms with E-state index < -0.39 is 5.82 Å². The Kier molecular flexibility index (Phi) is 6.15. The van der Waals surface area contributed by atoms with Gasteiger partial charge in [-0.25, -0.2) is 4.39 Å². The van der Waals surface area contributed by atoms with Crippen molar-refractivity contribution in [1.82, 2.24) is 9.97 Å². The minimum atomic E-state index is -0.391. The maximum atomic E-state index is 15.2. The number of nitrogens with one attached hydrogen (secondary N) is 1. The van der Waals surface area contributed by atoms with Crippen molar-refractivity contribution in [2.75, 3.05) is 37.0 Å². The number of ether oxygens (including phenoxy) is 2. The smallest absolute Gasteiger partial charge is 0.326 e. The van der Waals surface area contributed by atoms with Crippen LogP contribution in [-0.2, 0) is 11.2 Å². The first-order chi connectivity index (χ1) is 16.5. The third kappa shape index (κ3) is 4.59. The van der Waals surface area contributed by atoms with Crippen LogP contribution in [0.3, 0.4) is 0 Å². The van der Waals surface area contributed by atoms with Crippen molar-refractivity contribution in [1.29, 1.82) is 0 Å². The summed E-state index contributed by atoms with van der Waals surface area (Å²) in [5.41, 5.74) is 3.78. The summed E-state index contributed by atoms with van der Waals surface area (Å²) in [4.78, 5) is 15.7. The second-order valence-corrected chi connectivity index (χ2v) is 8.75. The van der Waals surface area contributed by atoms with Crippen LogP contribution in [-0.4, -0.2) is 48.7 Å². The predicted octanol–water partition coefficient (Wildman–Crippen LogP) is 4.92. The van der Waals surface area contributed by atoms with E-state index in [1.165, 1.54) is 0 Å². The summed E-state index contributed by atoms with van der Waals surface area (Å²) in [5.74, 6) is 1.66. The van der Waals surface area contributed by atoms with Crippen molar-refractivity contribution in [2.24, 2.45) is 4.99 Å². The summed E-state index contributed by atoms with van der Waals surface area (Å²) in [6, 6.07) is 5.48. The molecule has 176 valence electrons. The molecule has 0 radical (unpaired) electrons. The summed E-state index contributed by atoms with van der Waals surface area (Å²) in [7, 11) is 1.72. The third-order valence-electron chi connectivity index (χ3n) is 6.18. The highest BCUT2D eigenvalue weighted by atomic mass is 19.1. The zero-order valence-electron chi connectivity index (χ0n) is 19.6. The van der Waals surface area contributed by atoms with Gasteiger partial charge in [0.2, 0.25) is 0 Å². The lowest BCUT2D eigenvalue weighted by Crippen LogP contribution is -2.23. The van der Waals surface area contributed by atoms with Gasteiger partial charge >= 0.3 is 6.01 Å². The average Bonchev–Trinajstić information content (AvgIpc) is 3.56. The number of nitrogens with zero attached hydrogens (tertiary/aromatic N) is 4. The summed E-state index contributed by atoms with van der Waals surface area (Å²) in [6.07, 6.45) is 9.67. The third-order valence-corrected chi connectivity index (χ3v) is 6.18. The Hall–Kier alpha value is -3.52. The molecule has 1 aromatic carbocycles. The van der Waals surface area contributed by atoms with Gasteiger partial charge in [0.25, 0.3) is 0 Å². The number of rotatable bonds is 6. The van der Waals surface area contributed by atoms with Crippen molar-refractivity contribution >= 4 is 23.5 Å². The van der Waals surface area contributed by atoms with E-state index in [4.69, 9.17) is 9.47 Å². The molecule has 34 heavy (non-hydrogen) atoms. The average molecular weight is 462 g/mol. The first kappa shape index (κ1) is 22.3. The van der Waals surface area contributed by atoms with E-state index in [0.29, 0.717) is 29.6 Å². The number of benzene rings is 1. The van der Waals surface area contributed by atoms with Crippen LogP contribution in [0, 0.1) is 5.82 Å². The fourth-order valence-electron chi connectivity index (χ4n) is 4.48. The van der Waals surface area contributed by atoms with Gasteiger partial charge in [0.05, 0.1) is 12.6 Å². The minimum Gasteiger partial charge on any atom is -0.421 e. The molecule has 1 atom stereocenters. The van der Waals surface area contributed by atoms with Crippen LogP contribution >= 0.6 is 0 Å². The number of fused-ring (bicyclic) bond motifs is 1. The number of allylic oxidation sites excluding steroid dienone is 2. The molecule has 1 aliphatic carbocycles. The van der Waals surface area contributed by atoms with Gasteiger partial charge in [0.1, 0.15) is 17.5 Å².